The number of aliphatic carboxylic acids is 1. The van der Waals surface area contributed by atoms with Crippen molar-refractivity contribution in [3.63, 3.8) is 0 Å². The fraction of sp³-hybridized carbons (Fsp3) is 0.686. The highest BCUT2D eigenvalue weighted by atomic mass is 32.1. The molecule has 2 aromatic heterocycles. The normalized spacial score (nSPS) is 13.6. The first kappa shape index (κ1) is 38.0. The zero-order valence-electron chi connectivity index (χ0n) is 27.3. The lowest BCUT2D eigenvalue weighted by molar-refractivity contribution is -0.137. The van der Waals surface area contributed by atoms with Gasteiger partial charge in [0.1, 0.15) is 6.61 Å². The van der Waals surface area contributed by atoms with Crippen LogP contribution in [-0.2, 0) is 38.3 Å². The second-order valence-electron chi connectivity index (χ2n) is 12.8. The van der Waals surface area contributed by atoms with E-state index in [0.717, 1.165) is 63.5 Å². The number of carbonyl (C=O) groups is 1. The van der Waals surface area contributed by atoms with Crippen LogP contribution in [0.1, 0.15) is 107 Å². The predicted molar refractivity (Wildman–Crippen MR) is 179 cm³/mol. The third kappa shape index (κ3) is 16.2. The predicted octanol–water partition coefficient (Wildman–Crippen LogP) is 7.08. The summed E-state index contributed by atoms with van der Waals surface area (Å²) in [6.07, 6.45) is 13.9. The molecule has 0 amide bonds. The molecule has 8 nitrogen and oxygen atoms in total. The van der Waals surface area contributed by atoms with Crippen molar-refractivity contribution in [1.82, 2.24) is 9.97 Å². The molecule has 0 bridgehead atoms. The lowest BCUT2D eigenvalue weighted by Crippen LogP contribution is -2.14. The van der Waals surface area contributed by atoms with Crippen LogP contribution in [0, 0.1) is 5.41 Å². The maximum atomic E-state index is 11.5. The molecule has 0 saturated carbocycles. The number of carboxylic acids is 1. The second-order valence-corrected chi connectivity index (χ2v) is 12.8. The highest BCUT2D eigenvalue weighted by Gasteiger charge is 2.16. The van der Waals surface area contributed by atoms with Gasteiger partial charge in [0.25, 0.3) is 0 Å². The lowest BCUT2D eigenvalue weighted by Gasteiger charge is -2.17. The monoisotopic (exact) mass is 632 g/mol. The Balaban J connectivity index is 0.00000675. The fourth-order valence-corrected chi connectivity index (χ4v) is 5.26. The molecule has 3 rings (SSSR count). The van der Waals surface area contributed by atoms with Gasteiger partial charge < -0.3 is 24.1 Å². The van der Waals surface area contributed by atoms with E-state index in [-0.39, 0.29) is 31.2 Å². The van der Waals surface area contributed by atoms with Crippen molar-refractivity contribution in [2.45, 2.75) is 104 Å². The van der Waals surface area contributed by atoms with Gasteiger partial charge in [-0.2, -0.15) is 13.5 Å². The third-order valence-electron chi connectivity index (χ3n) is 7.84. The van der Waals surface area contributed by atoms with Gasteiger partial charge in [-0.15, -0.1) is 0 Å². The van der Waals surface area contributed by atoms with Gasteiger partial charge >= 0.3 is 5.97 Å². The van der Waals surface area contributed by atoms with Gasteiger partial charge in [0.15, 0.2) is 0 Å². The minimum absolute atomic E-state index is 0. The first-order valence-electron chi connectivity index (χ1n) is 16.3. The van der Waals surface area contributed by atoms with Crippen LogP contribution in [0.4, 0.5) is 0 Å². The van der Waals surface area contributed by atoms with Crippen LogP contribution >= 0.6 is 13.5 Å². The van der Waals surface area contributed by atoms with E-state index in [2.05, 4.69) is 37.9 Å². The van der Waals surface area contributed by atoms with Crippen molar-refractivity contribution >= 4 is 19.5 Å². The average molecular weight is 633 g/mol. The van der Waals surface area contributed by atoms with Crippen LogP contribution in [0.5, 0.6) is 5.88 Å². The van der Waals surface area contributed by atoms with Crippen molar-refractivity contribution in [3.8, 4) is 5.88 Å². The van der Waals surface area contributed by atoms with E-state index in [1.807, 2.05) is 12.1 Å². The lowest BCUT2D eigenvalue weighted by atomic mass is 9.91. The molecule has 1 aliphatic rings. The van der Waals surface area contributed by atoms with E-state index in [0.29, 0.717) is 45.5 Å². The summed E-state index contributed by atoms with van der Waals surface area (Å²) in [6, 6.07) is 8.23. The number of hydrogen-bond acceptors (Lipinski definition) is 7. The molecule has 1 N–H and O–H groups in total. The summed E-state index contributed by atoms with van der Waals surface area (Å²) in [6.45, 7) is 10.4. The standard InChI is InChI=1S/C35H54N2O6.H2S/c1-35(2,3)18-19-40-20-21-41-22-23-42-24-25-43-33-17-15-30(27-36-33)29(26-34(38)39)11-6-4-5-7-12-31-16-14-28-10-8-9-13-32(28)37-31;/h14-17,27,29H,4-13,18-26H2,1-3H3,(H,38,39);1H2/t29-;/m0./s1. The number of fused-ring (bicyclic) bond motifs is 1. The van der Waals surface area contributed by atoms with Crippen LogP contribution in [-0.4, -0.2) is 67.3 Å². The van der Waals surface area contributed by atoms with E-state index in [1.165, 1.54) is 36.2 Å². The first-order valence-corrected chi connectivity index (χ1v) is 16.3. The molecule has 0 aliphatic heterocycles. The quantitative estimate of drug-likeness (QED) is 0.137. The number of rotatable bonds is 22. The molecule has 44 heavy (non-hydrogen) atoms. The number of nitrogens with zero attached hydrogens (tertiary/aromatic N) is 2. The molecule has 1 aliphatic carbocycles. The van der Waals surface area contributed by atoms with Gasteiger partial charge in [-0.3, -0.25) is 9.78 Å². The summed E-state index contributed by atoms with van der Waals surface area (Å²) in [5.41, 5.74) is 5.19. The largest absolute Gasteiger partial charge is 0.481 e. The molecule has 2 aromatic rings. The molecular formula is C35H56N2O6S. The maximum Gasteiger partial charge on any atom is 0.303 e. The topological polar surface area (TPSA) is 100 Å². The summed E-state index contributed by atoms with van der Waals surface area (Å²) in [7, 11) is 0. The van der Waals surface area contributed by atoms with E-state index in [1.54, 1.807) is 6.20 Å². The molecule has 1 atom stereocenters. The first-order chi connectivity index (χ1) is 20.8. The SMILES string of the molecule is CC(C)(C)CCOCCOCCOCCOc1ccc([C@@H](CCCCCCc2ccc3c(n2)CCCC3)CC(=O)O)cn1.S. The van der Waals surface area contributed by atoms with Crippen molar-refractivity contribution in [2.24, 2.45) is 5.41 Å². The highest BCUT2D eigenvalue weighted by molar-refractivity contribution is 7.59. The molecule has 248 valence electrons. The number of hydrogen-bond donors (Lipinski definition) is 1. The van der Waals surface area contributed by atoms with E-state index in [4.69, 9.17) is 23.9 Å². The molecule has 0 saturated heterocycles. The Hall–Kier alpha value is -2.20. The van der Waals surface area contributed by atoms with Crippen LogP contribution in [0.2, 0.25) is 0 Å². The maximum absolute atomic E-state index is 11.5. The fourth-order valence-electron chi connectivity index (χ4n) is 5.26. The highest BCUT2D eigenvalue weighted by Crippen LogP contribution is 2.27. The smallest absolute Gasteiger partial charge is 0.303 e. The summed E-state index contributed by atoms with van der Waals surface area (Å²) in [4.78, 5) is 20.8. The zero-order chi connectivity index (χ0) is 30.8. The van der Waals surface area contributed by atoms with Crippen LogP contribution < -0.4 is 4.74 Å². The second kappa shape index (κ2) is 21.5. The van der Waals surface area contributed by atoms with Gasteiger partial charge in [-0.25, -0.2) is 4.98 Å². The minimum atomic E-state index is -0.780. The molecule has 0 fully saturated rings. The number of pyridine rings is 2. The van der Waals surface area contributed by atoms with Crippen LogP contribution in [0.15, 0.2) is 30.5 Å². The van der Waals surface area contributed by atoms with Crippen LogP contribution in [0.3, 0.4) is 0 Å². The molecule has 0 aromatic carbocycles. The van der Waals surface area contributed by atoms with E-state index < -0.39 is 5.97 Å². The molecule has 0 unspecified atom stereocenters. The minimum Gasteiger partial charge on any atom is -0.481 e. The van der Waals surface area contributed by atoms with Gasteiger partial charge in [-0.05, 0) is 79.9 Å². The van der Waals surface area contributed by atoms with Gasteiger partial charge in [0.05, 0.1) is 39.5 Å². The summed E-state index contributed by atoms with van der Waals surface area (Å²) < 4.78 is 22.4. The molecule has 2 heterocycles. The van der Waals surface area contributed by atoms with Crippen LogP contribution in [0.25, 0.3) is 0 Å². The Kier molecular flexibility index (Phi) is 18.6. The Morgan fingerprint density at radius 1 is 0.864 bits per heavy atom. The average Bonchev–Trinajstić information content (AvgIpc) is 2.98. The number of carboxylic acid groups (broad SMARTS) is 1. The van der Waals surface area contributed by atoms with Crippen molar-refractivity contribution in [3.05, 3.63) is 53.0 Å². The Morgan fingerprint density at radius 3 is 2.23 bits per heavy atom. The molecule has 0 radical (unpaired) electrons. The van der Waals surface area contributed by atoms with E-state index >= 15 is 0 Å². The van der Waals surface area contributed by atoms with Crippen molar-refractivity contribution < 1.29 is 28.8 Å². The van der Waals surface area contributed by atoms with Gasteiger partial charge in [0.2, 0.25) is 5.88 Å². The number of aromatic nitrogens is 2. The Morgan fingerprint density at radius 2 is 1.55 bits per heavy atom. The van der Waals surface area contributed by atoms with Gasteiger partial charge in [0, 0.05) is 30.3 Å². The Labute approximate surface area is 272 Å². The summed E-state index contributed by atoms with van der Waals surface area (Å²) in [5.74, 6) is -0.313. The number of aryl methyl sites for hydroxylation is 3. The summed E-state index contributed by atoms with van der Waals surface area (Å²) in [5, 5.41) is 9.47. The van der Waals surface area contributed by atoms with Gasteiger partial charge in [-0.1, -0.05) is 52.2 Å². The van der Waals surface area contributed by atoms with Crippen molar-refractivity contribution in [1.29, 1.82) is 0 Å². The Bertz CT molecular complexity index is 1060. The van der Waals surface area contributed by atoms with E-state index in [9.17, 15) is 9.90 Å². The number of ether oxygens (including phenoxy) is 4. The number of unbranched alkanes of at least 4 members (excludes halogenated alkanes) is 3. The molecular weight excluding hydrogens is 576 g/mol. The summed E-state index contributed by atoms with van der Waals surface area (Å²) >= 11 is 0. The molecule has 9 heteroatoms. The molecule has 0 spiro atoms. The third-order valence-corrected chi connectivity index (χ3v) is 7.84. The zero-order valence-corrected chi connectivity index (χ0v) is 28.3. The van der Waals surface area contributed by atoms with Crippen molar-refractivity contribution in [2.75, 3.05) is 46.2 Å².